The molecule has 1 aliphatic heterocycles. The van der Waals surface area contributed by atoms with Crippen LogP contribution in [0.4, 0.5) is 11.5 Å². The van der Waals surface area contributed by atoms with Gasteiger partial charge in [0.1, 0.15) is 12.1 Å². The summed E-state index contributed by atoms with van der Waals surface area (Å²) in [5.41, 5.74) is 2.23. The van der Waals surface area contributed by atoms with Crippen molar-refractivity contribution in [3.63, 3.8) is 0 Å². The highest BCUT2D eigenvalue weighted by Crippen LogP contribution is 2.37. The van der Waals surface area contributed by atoms with Crippen LogP contribution in [0.2, 0.25) is 0 Å². The lowest BCUT2D eigenvalue weighted by Gasteiger charge is -2.32. The molecule has 0 amide bonds. The number of piperidine rings is 1. The average Bonchev–Trinajstić information content (AvgIpc) is 2.76. The smallest absolute Gasteiger partial charge is 0.373 e. The zero-order valence-corrected chi connectivity index (χ0v) is 16.9. The molecule has 7 heteroatoms. The number of nitrogens with zero attached hydrogens (tertiary/aromatic N) is 4. The zero-order chi connectivity index (χ0) is 20.9. The number of benzene rings is 2. The van der Waals surface area contributed by atoms with E-state index in [0.717, 1.165) is 37.9 Å². The molecule has 7 nitrogen and oxygen atoms in total. The van der Waals surface area contributed by atoms with Gasteiger partial charge in [0.05, 0.1) is 4.92 Å². The van der Waals surface area contributed by atoms with Crippen molar-refractivity contribution >= 4 is 11.5 Å². The number of hydrogen-bond donors (Lipinski definition) is 0. The molecule has 1 saturated heterocycles. The number of anilines is 1. The Morgan fingerprint density at radius 3 is 2.43 bits per heavy atom. The van der Waals surface area contributed by atoms with Crippen molar-refractivity contribution < 1.29 is 9.66 Å². The molecule has 0 saturated carbocycles. The van der Waals surface area contributed by atoms with Crippen LogP contribution in [-0.2, 0) is 6.42 Å². The standard InChI is InChI=1S/C23H24N4O3/c1-17-7-9-20(10-8-17)30-23-21(27(28)29)22(24-16-25-23)26-13-11-19(12-14-26)15-18-5-3-2-4-6-18/h2-10,16,19H,11-15H2,1H3. The van der Waals surface area contributed by atoms with Gasteiger partial charge < -0.3 is 9.64 Å². The Hall–Kier alpha value is -3.48. The molecule has 0 bridgehead atoms. The Morgan fingerprint density at radius 2 is 1.77 bits per heavy atom. The lowest BCUT2D eigenvalue weighted by Crippen LogP contribution is -2.35. The minimum atomic E-state index is -0.449. The number of hydrogen-bond acceptors (Lipinski definition) is 6. The Kier molecular flexibility index (Phi) is 5.88. The summed E-state index contributed by atoms with van der Waals surface area (Å²) in [4.78, 5) is 21.7. The van der Waals surface area contributed by atoms with Crippen LogP contribution in [0.3, 0.4) is 0 Å². The molecule has 1 aliphatic rings. The summed E-state index contributed by atoms with van der Waals surface area (Å²) in [6, 6.07) is 17.8. The second-order valence-corrected chi connectivity index (χ2v) is 7.64. The van der Waals surface area contributed by atoms with E-state index >= 15 is 0 Å². The molecule has 30 heavy (non-hydrogen) atoms. The Labute approximate surface area is 175 Å². The molecule has 0 atom stereocenters. The maximum atomic E-state index is 11.9. The van der Waals surface area contributed by atoms with Gasteiger partial charge in [0.25, 0.3) is 0 Å². The summed E-state index contributed by atoms with van der Waals surface area (Å²) in [6.45, 7) is 3.41. The Balaban J connectivity index is 1.50. The van der Waals surface area contributed by atoms with Gasteiger partial charge in [-0.2, -0.15) is 4.98 Å². The van der Waals surface area contributed by atoms with E-state index in [1.165, 1.54) is 11.9 Å². The van der Waals surface area contributed by atoms with Crippen LogP contribution < -0.4 is 9.64 Å². The Morgan fingerprint density at radius 1 is 1.07 bits per heavy atom. The summed E-state index contributed by atoms with van der Waals surface area (Å²) >= 11 is 0. The SMILES string of the molecule is Cc1ccc(Oc2ncnc(N3CCC(Cc4ccccc4)CC3)c2[N+](=O)[O-])cc1. The molecule has 154 valence electrons. The first-order valence-corrected chi connectivity index (χ1v) is 10.1. The van der Waals surface area contributed by atoms with Crippen molar-refractivity contribution in [2.75, 3.05) is 18.0 Å². The second kappa shape index (κ2) is 8.90. The van der Waals surface area contributed by atoms with Crippen molar-refractivity contribution in [1.82, 2.24) is 9.97 Å². The molecule has 0 unspecified atom stereocenters. The van der Waals surface area contributed by atoms with E-state index in [0.29, 0.717) is 17.5 Å². The van der Waals surface area contributed by atoms with Crippen molar-refractivity contribution in [3.8, 4) is 11.6 Å². The molecule has 0 spiro atoms. The molecule has 1 aromatic heterocycles. The monoisotopic (exact) mass is 404 g/mol. The lowest BCUT2D eigenvalue weighted by molar-refractivity contribution is -0.385. The third-order valence-corrected chi connectivity index (χ3v) is 5.47. The van der Waals surface area contributed by atoms with E-state index in [4.69, 9.17) is 4.74 Å². The molecule has 1 fully saturated rings. The van der Waals surface area contributed by atoms with Gasteiger partial charge in [-0.05, 0) is 49.8 Å². The van der Waals surface area contributed by atoms with Crippen LogP contribution in [0.5, 0.6) is 11.6 Å². The maximum absolute atomic E-state index is 11.9. The van der Waals surface area contributed by atoms with Crippen LogP contribution in [0.25, 0.3) is 0 Å². The van der Waals surface area contributed by atoms with E-state index in [1.54, 1.807) is 12.1 Å². The van der Waals surface area contributed by atoms with Gasteiger partial charge in [-0.3, -0.25) is 10.1 Å². The fourth-order valence-corrected chi connectivity index (χ4v) is 3.83. The first-order valence-electron chi connectivity index (χ1n) is 10.1. The summed E-state index contributed by atoms with van der Waals surface area (Å²) in [6.07, 6.45) is 4.29. The van der Waals surface area contributed by atoms with Gasteiger partial charge >= 0.3 is 11.6 Å². The minimum Gasteiger partial charge on any atom is -0.434 e. The third-order valence-electron chi connectivity index (χ3n) is 5.47. The predicted molar refractivity (Wildman–Crippen MR) is 115 cm³/mol. The van der Waals surface area contributed by atoms with E-state index in [-0.39, 0.29) is 11.6 Å². The maximum Gasteiger partial charge on any atom is 0.373 e. The van der Waals surface area contributed by atoms with Gasteiger partial charge in [-0.1, -0.05) is 48.0 Å². The summed E-state index contributed by atoms with van der Waals surface area (Å²) in [5, 5.41) is 11.9. The molecule has 0 aliphatic carbocycles. The molecule has 3 aromatic rings. The zero-order valence-electron chi connectivity index (χ0n) is 16.9. The van der Waals surface area contributed by atoms with Crippen LogP contribution in [0.1, 0.15) is 24.0 Å². The predicted octanol–water partition coefficient (Wildman–Crippen LogP) is 4.94. The normalized spacial score (nSPS) is 14.5. The number of rotatable bonds is 6. The summed E-state index contributed by atoms with van der Waals surface area (Å²) < 4.78 is 5.74. The molecule has 2 heterocycles. The molecule has 0 radical (unpaired) electrons. The van der Waals surface area contributed by atoms with Gasteiger partial charge in [0, 0.05) is 13.1 Å². The quantitative estimate of drug-likeness (QED) is 0.427. The van der Waals surface area contributed by atoms with Gasteiger partial charge in [0.15, 0.2) is 0 Å². The van der Waals surface area contributed by atoms with E-state index in [9.17, 15) is 10.1 Å². The van der Waals surface area contributed by atoms with E-state index in [2.05, 4.69) is 34.2 Å². The van der Waals surface area contributed by atoms with Gasteiger partial charge in [-0.25, -0.2) is 4.98 Å². The Bertz CT molecular complexity index is 1000. The number of aryl methyl sites for hydroxylation is 1. The second-order valence-electron chi connectivity index (χ2n) is 7.64. The van der Waals surface area contributed by atoms with E-state index in [1.807, 2.05) is 30.0 Å². The number of aromatic nitrogens is 2. The first kappa shape index (κ1) is 19.8. The molecular formula is C23H24N4O3. The number of ether oxygens (including phenoxy) is 1. The van der Waals surface area contributed by atoms with Crippen molar-refractivity contribution in [2.45, 2.75) is 26.2 Å². The molecule has 0 N–H and O–H groups in total. The van der Waals surface area contributed by atoms with Crippen LogP contribution in [0, 0.1) is 23.0 Å². The van der Waals surface area contributed by atoms with Gasteiger partial charge in [0.2, 0.25) is 5.82 Å². The first-order chi connectivity index (χ1) is 14.6. The minimum absolute atomic E-state index is 0.0275. The van der Waals surface area contributed by atoms with E-state index < -0.39 is 4.92 Å². The van der Waals surface area contributed by atoms with Crippen LogP contribution >= 0.6 is 0 Å². The van der Waals surface area contributed by atoms with Crippen molar-refractivity contribution in [1.29, 1.82) is 0 Å². The van der Waals surface area contributed by atoms with Crippen LogP contribution in [0.15, 0.2) is 60.9 Å². The highest BCUT2D eigenvalue weighted by Gasteiger charge is 2.31. The lowest BCUT2D eigenvalue weighted by atomic mass is 9.90. The fourth-order valence-electron chi connectivity index (χ4n) is 3.83. The number of nitro groups is 1. The largest absolute Gasteiger partial charge is 0.434 e. The summed E-state index contributed by atoms with van der Waals surface area (Å²) in [7, 11) is 0. The summed E-state index contributed by atoms with van der Waals surface area (Å²) in [5.74, 6) is 1.37. The fraction of sp³-hybridized carbons (Fsp3) is 0.304. The van der Waals surface area contributed by atoms with Crippen molar-refractivity contribution in [2.24, 2.45) is 5.92 Å². The molecule has 4 rings (SSSR count). The van der Waals surface area contributed by atoms with Crippen molar-refractivity contribution in [3.05, 3.63) is 82.2 Å². The average molecular weight is 404 g/mol. The highest BCUT2D eigenvalue weighted by molar-refractivity contribution is 5.63. The highest BCUT2D eigenvalue weighted by atomic mass is 16.6. The molecular weight excluding hydrogens is 380 g/mol. The van der Waals surface area contributed by atoms with Crippen LogP contribution in [-0.4, -0.2) is 28.0 Å². The topological polar surface area (TPSA) is 81.4 Å². The molecule has 2 aromatic carbocycles. The van der Waals surface area contributed by atoms with Gasteiger partial charge in [-0.15, -0.1) is 0 Å². The third kappa shape index (κ3) is 4.56.